The van der Waals surface area contributed by atoms with Crippen LogP contribution in [0, 0.1) is 0 Å². The molecule has 1 aromatic heterocycles. The van der Waals surface area contributed by atoms with Gasteiger partial charge in [-0.15, -0.1) is 0 Å². The summed E-state index contributed by atoms with van der Waals surface area (Å²) in [6, 6.07) is 5.86. The third-order valence-electron chi connectivity index (χ3n) is 1.49. The Bertz CT molecular complexity index is 393. The highest BCUT2D eigenvalue weighted by molar-refractivity contribution is 9.10. The van der Waals surface area contributed by atoms with Crippen LogP contribution in [0.5, 0.6) is 0 Å². The highest BCUT2D eigenvalue weighted by Gasteiger charge is 1.97. The summed E-state index contributed by atoms with van der Waals surface area (Å²) in [5.41, 5.74) is 0.905. The Labute approximate surface area is 71.9 Å². The lowest BCUT2D eigenvalue weighted by molar-refractivity contribution is 0.846. The van der Waals surface area contributed by atoms with Crippen molar-refractivity contribution in [2.45, 2.75) is 0 Å². The molecule has 4 heteroatoms. The van der Waals surface area contributed by atoms with Crippen molar-refractivity contribution in [3.05, 3.63) is 28.9 Å². The highest BCUT2D eigenvalue weighted by Crippen LogP contribution is 2.17. The maximum atomic E-state index is 5.43. The number of halogens is 1. The third-order valence-corrected chi connectivity index (χ3v) is 1.98. The molecule has 2 aromatic rings. The van der Waals surface area contributed by atoms with E-state index in [1.807, 2.05) is 18.2 Å². The lowest BCUT2D eigenvalue weighted by Crippen LogP contribution is -2.07. The Morgan fingerprint density at radius 3 is 3.09 bits per heavy atom. The van der Waals surface area contributed by atoms with Crippen molar-refractivity contribution in [3.8, 4) is 0 Å². The van der Waals surface area contributed by atoms with E-state index in [-0.39, 0.29) is 0 Å². The van der Waals surface area contributed by atoms with Crippen LogP contribution < -0.4 is 5.84 Å². The van der Waals surface area contributed by atoms with Crippen molar-refractivity contribution in [1.29, 1.82) is 0 Å². The predicted molar refractivity (Wildman–Crippen MR) is 47.6 cm³/mol. The van der Waals surface area contributed by atoms with E-state index in [2.05, 4.69) is 21.0 Å². The van der Waals surface area contributed by atoms with Gasteiger partial charge in [0, 0.05) is 9.86 Å². The largest absolute Gasteiger partial charge is 0.323 e. The Hall–Kier alpha value is -1.03. The maximum absolute atomic E-state index is 5.43. The SMILES string of the molecule is Nn1cc2ccc(Br)cc2n1. The second-order valence-corrected chi connectivity index (χ2v) is 3.23. The second-order valence-electron chi connectivity index (χ2n) is 2.31. The topological polar surface area (TPSA) is 43.8 Å². The number of hydrogen-bond donors (Lipinski definition) is 1. The summed E-state index contributed by atoms with van der Waals surface area (Å²) in [7, 11) is 0. The Kier molecular flexibility index (Phi) is 1.35. The van der Waals surface area contributed by atoms with E-state index >= 15 is 0 Å². The quantitative estimate of drug-likeness (QED) is 0.672. The van der Waals surface area contributed by atoms with Crippen LogP contribution in [0.3, 0.4) is 0 Å². The molecule has 0 fully saturated rings. The average molecular weight is 212 g/mol. The molecule has 0 saturated heterocycles. The van der Waals surface area contributed by atoms with Crippen LogP contribution in [0.2, 0.25) is 0 Å². The molecular weight excluding hydrogens is 206 g/mol. The standard InChI is InChI=1S/C7H6BrN3/c8-6-2-1-5-4-11(9)10-7(5)3-6/h1-4H,9H2. The van der Waals surface area contributed by atoms with Crippen molar-refractivity contribution in [2.24, 2.45) is 0 Å². The zero-order valence-electron chi connectivity index (χ0n) is 5.66. The van der Waals surface area contributed by atoms with E-state index in [4.69, 9.17) is 5.84 Å². The molecule has 0 aliphatic carbocycles. The predicted octanol–water partition coefficient (Wildman–Crippen LogP) is 1.51. The summed E-state index contributed by atoms with van der Waals surface area (Å²) >= 11 is 3.35. The summed E-state index contributed by atoms with van der Waals surface area (Å²) in [4.78, 5) is 1.32. The van der Waals surface area contributed by atoms with Crippen LogP contribution >= 0.6 is 15.9 Å². The lowest BCUT2D eigenvalue weighted by atomic mass is 10.3. The van der Waals surface area contributed by atoms with Gasteiger partial charge in [0.25, 0.3) is 0 Å². The maximum Gasteiger partial charge on any atom is 0.0955 e. The number of hydrogen-bond acceptors (Lipinski definition) is 2. The Morgan fingerprint density at radius 2 is 2.27 bits per heavy atom. The van der Waals surface area contributed by atoms with Crippen LogP contribution in [-0.4, -0.2) is 9.89 Å². The van der Waals surface area contributed by atoms with E-state index in [0.29, 0.717) is 0 Å². The monoisotopic (exact) mass is 211 g/mol. The van der Waals surface area contributed by atoms with E-state index in [1.54, 1.807) is 6.20 Å². The van der Waals surface area contributed by atoms with Crippen LogP contribution in [0.1, 0.15) is 0 Å². The van der Waals surface area contributed by atoms with Gasteiger partial charge < -0.3 is 5.84 Å². The first-order valence-electron chi connectivity index (χ1n) is 3.16. The first-order valence-corrected chi connectivity index (χ1v) is 3.95. The molecule has 1 aromatic carbocycles. The van der Waals surface area contributed by atoms with Crippen LogP contribution in [-0.2, 0) is 0 Å². The van der Waals surface area contributed by atoms with E-state index in [9.17, 15) is 0 Å². The molecule has 0 saturated carbocycles. The summed E-state index contributed by atoms with van der Waals surface area (Å²) in [6.45, 7) is 0. The number of benzene rings is 1. The zero-order valence-corrected chi connectivity index (χ0v) is 7.25. The number of nitrogens with zero attached hydrogens (tertiary/aromatic N) is 2. The Morgan fingerprint density at radius 1 is 1.45 bits per heavy atom. The smallest absolute Gasteiger partial charge is 0.0955 e. The van der Waals surface area contributed by atoms with Crippen LogP contribution in [0.25, 0.3) is 10.9 Å². The van der Waals surface area contributed by atoms with E-state index < -0.39 is 0 Å². The summed E-state index contributed by atoms with van der Waals surface area (Å²) < 4.78 is 1.02. The minimum atomic E-state index is 0.905. The van der Waals surface area contributed by atoms with Gasteiger partial charge in [-0.25, -0.2) is 0 Å². The van der Waals surface area contributed by atoms with Gasteiger partial charge in [-0.1, -0.05) is 22.0 Å². The third kappa shape index (κ3) is 1.09. The number of aromatic nitrogens is 2. The minimum absolute atomic E-state index is 0.905. The molecule has 0 spiro atoms. The Balaban J connectivity index is 2.82. The van der Waals surface area contributed by atoms with Crippen molar-refractivity contribution < 1.29 is 0 Å². The molecule has 1 heterocycles. The van der Waals surface area contributed by atoms with Gasteiger partial charge >= 0.3 is 0 Å². The minimum Gasteiger partial charge on any atom is -0.323 e. The van der Waals surface area contributed by atoms with Gasteiger partial charge in [0.15, 0.2) is 0 Å². The number of nitrogens with two attached hydrogens (primary N) is 1. The van der Waals surface area contributed by atoms with E-state index in [0.717, 1.165) is 15.4 Å². The highest BCUT2D eigenvalue weighted by atomic mass is 79.9. The molecule has 56 valence electrons. The van der Waals surface area contributed by atoms with Gasteiger partial charge in [-0.2, -0.15) is 9.89 Å². The molecule has 0 aliphatic rings. The molecule has 0 bridgehead atoms. The fourth-order valence-corrected chi connectivity index (χ4v) is 1.36. The van der Waals surface area contributed by atoms with Gasteiger partial charge in [-0.3, -0.25) is 0 Å². The van der Waals surface area contributed by atoms with Crippen molar-refractivity contribution >= 4 is 26.8 Å². The molecule has 0 unspecified atom stereocenters. The first-order chi connectivity index (χ1) is 5.25. The van der Waals surface area contributed by atoms with E-state index in [1.165, 1.54) is 4.79 Å². The number of rotatable bonds is 0. The fourth-order valence-electron chi connectivity index (χ4n) is 1.01. The normalized spacial score (nSPS) is 10.6. The lowest BCUT2D eigenvalue weighted by Gasteiger charge is -1.86. The molecular formula is C7H6BrN3. The van der Waals surface area contributed by atoms with Gasteiger partial charge in [-0.05, 0) is 12.1 Å². The number of fused-ring (bicyclic) bond motifs is 1. The molecule has 11 heavy (non-hydrogen) atoms. The zero-order chi connectivity index (χ0) is 7.84. The van der Waals surface area contributed by atoms with Gasteiger partial charge in [0.05, 0.1) is 11.7 Å². The molecule has 2 N–H and O–H groups in total. The molecule has 0 amide bonds. The molecule has 2 rings (SSSR count). The van der Waals surface area contributed by atoms with Crippen LogP contribution in [0.4, 0.5) is 0 Å². The molecule has 0 aliphatic heterocycles. The van der Waals surface area contributed by atoms with Gasteiger partial charge in [0.2, 0.25) is 0 Å². The van der Waals surface area contributed by atoms with Crippen molar-refractivity contribution in [1.82, 2.24) is 9.89 Å². The van der Waals surface area contributed by atoms with Gasteiger partial charge in [0.1, 0.15) is 0 Å². The second kappa shape index (κ2) is 2.23. The van der Waals surface area contributed by atoms with Crippen molar-refractivity contribution in [2.75, 3.05) is 5.84 Å². The molecule has 3 nitrogen and oxygen atoms in total. The summed E-state index contributed by atoms with van der Waals surface area (Å²) in [5, 5.41) is 5.09. The molecule has 0 radical (unpaired) electrons. The molecule has 0 atom stereocenters. The first kappa shape index (κ1) is 6.67. The fraction of sp³-hybridized carbons (Fsp3) is 0. The summed E-state index contributed by atoms with van der Waals surface area (Å²) in [5.74, 6) is 5.43. The summed E-state index contributed by atoms with van der Waals surface area (Å²) in [6.07, 6.45) is 1.78. The van der Waals surface area contributed by atoms with Crippen LogP contribution in [0.15, 0.2) is 28.9 Å². The number of nitrogen functional groups attached to an aromatic ring is 1. The average Bonchev–Trinajstić information content (AvgIpc) is 2.27. The van der Waals surface area contributed by atoms with Crippen molar-refractivity contribution in [3.63, 3.8) is 0 Å².